The Morgan fingerprint density at radius 1 is 1.53 bits per heavy atom. The molecule has 0 spiro atoms. The Balaban J connectivity index is 2.14. The monoisotopic (exact) mass is 206 g/mol. The van der Waals surface area contributed by atoms with Crippen molar-refractivity contribution < 1.29 is 9.21 Å². The van der Waals surface area contributed by atoms with Crippen LogP contribution in [0.1, 0.15) is 10.6 Å². The first kappa shape index (κ1) is 9.32. The molecular formula is C9H10N4O2. The van der Waals surface area contributed by atoms with Crippen LogP contribution < -0.4 is 11.1 Å². The van der Waals surface area contributed by atoms with E-state index >= 15 is 0 Å². The van der Waals surface area contributed by atoms with Crippen molar-refractivity contribution >= 4 is 17.6 Å². The van der Waals surface area contributed by atoms with Gasteiger partial charge in [-0.25, -0.2) is 0 Å². The van der Waals surface area contributed by atoms with Gasteiger partial charge >= 0.3 is 0 Å². The molecule has 0 saturated heterocycles. The molecule has 0 bridgehead atoms. The summed E-state index contributed by atoms with van der Waals surface area (Å²) in [5.74, 6) is 0.629. The van der Waals surface area contributed by atoms with Gasteiger partial charge in [0.1, 0.15) is 5.82 Å². The molecule has 2 heterocycles. The van der Waals surface area contributed by atoms with Crippen LogP contribution in [0.3, 0.4) is 0 Å². The maximum atomic E-state index is 11.6. The number of amides is 1. The lowest BCUT2D eigenvalue weighted by Crippen LogP contribution is -2.13. The Morgan fingerprint density at radius 3 is 2.87 bits per heavy atom. The standard InChI is InChI=1S/C9H10N4O2/c1-13-8(4-5-11-13)12-9(14)6-2-3-7(10)15-6/h2-5H,10H2,1H3,(H,12,14). The van der Waals surface area contributed by atoms with Crippen LogP contribution >= 0.6 is 0 Å². The van der Waals surface area contributed by atoms with Gasteiger partial charge < -0.3 is 15.5 Å². The smallest absolute Gasteiger partial charge is 0.292 e. The molecule has 6 nitrogen and oxygen atoms in total. The maximum absolute atomic E-state index is 11.6. The van der Waals surface area contributed by atoms with Gasteiger partial charge in [-0.3, -0.25) is 9.48 Å². The van der Waals surface area contributed by atoms with E-state index < -0.39 is 0 Å². The second-order valence-electron chi connectivity index (χ2n) is 3.00. The van der Waals surface area contributed by atoms with Crippen molar-refractivity contribution in [2.45, 2.75) is 0 Å². The number of nitrogens with zero attached hydrogens (tertiary/aromatic N) is 2. The minimum atomic E-state index is -0.352. The molecule has 0 aliphatic heterocycles. The quantitative estimate of drug-likeness (QED) is 0.762. The lowest BCUT2D eigenvalue weighted by Gasteiger charge is -2.02. The fourth-order valence-corrected chi connectivity index (χ4v) is 1.15. The molecule has 3 N–H and O–H groups in total. The number of nitrogens with two attached hydrogens (primary N) is 1. The van der Waals surface area contributed by atoms with E-state index in [4.69, 9.17) is 10.2 Å². The molecule has 1 amide bonds. The number of carbonyl (C=O) groups is 1. The van der Waals surface area contributed by atoms with E-state index in [0.29, 0.717) is 5.82 Å². The second kappa shape index (κ2) is 3.49. The average Bonchev–Trinajstić information content (AvgIpc) is 2.77. The largest absolute Gasteiger partial charge is 0.436 e. The van der Waals surface area contributed by atoms with E-state index in [-0.39, 0.29) is 17.6 Å². The lowest BCUT2D eigenvalue weighted by atomic mass is 10.4. The molecule has 0 aliphatic rings. The highest BCUT2D eigenvalue weighted by Crippen LogP contribution is 2.11. The van der Waals surface area contributed by atoms with Crippen LogP contribution in [0.15, 0.2) is 28.8 Å². The Labute approximate surface area is 85.7 Å². The van der Waals surface area contributed by atoms with Crippen LogP contribution in [0.4, 0.5) is 11.7 Å². The number of nitrogen functional groups attached to an aromatic ring is 1. The van der Waals surface area contributed by atoms with Gasteiger partial charge in [-0.05, 0) is 6.07 Å². The number of carbonyl (C=O) groups excluding carboxylic acids is 1. The molecule has 0 fully saturated rings. The third-order valence-electron chi connectivity index (χ3n) is 1.91. The molecule has 15 heavy (non-hydrogen) atoms. The van der Waals surface area contributed by atoms with E-state index in [0.717, 1.165) is 0 Å². The minimum Gasteiger partial charge on any atom is -0.436 e. The fraction of sp³-hybridized carbons (Fsp3) is 0.111. The van der Waals surface area contributed by atoms with E-state index in [1.54, 1.807) is 24.0 Å². The molecule has 2 aromatic heterocycles. The SMILES string of the molecule is Cn1nccc1NC(=O)c1ccc(N)o1. The maximum Gasteiger partial charge on any atom is 0.292 e. The highest BCUT2D eigenvalue weighted by Gasteiger charge is 2.11. The summed E-state index contributed by atoms with van der Waals surface area (Å²) >= 11 is 0. The van der Waals surface area contributed by atoms with Crippen LogP contribution in [-0.2, 0) is 7.05 Å². The van der Waals surface area contributed by atoms with Gasteiger partial charge in [-0.2, -0.15) is 5.10 Å². The van der Waals surface area contributed by atoms with Crippen molar-refractivity contribution in [2.24, 2.45) is 7.05 Å². The molecule has 2 rings (SSSR count). The molecule has 0 radical (unpaired) electrons. The molecule has 2 aromatic rings. The van der Waals surface area contributed by atoms with Crippen LogP contribution in [0.2, 0.25) is 0 Å². The van der Waals surface area contributed by atoms with Crippen molar-refractivity contribution in [3.05, 3.63) is 30.2 Å². The van der Waals surface area contributed by atoms with Gasteiger partial charge in [0.2, 0.25) is 0 Å². The van der Waals surface area contributed by atoms with Gasteiger partial charge in [-0.1, -0.05) is 0 Å². The average molecular weight is 206 g/mol. The predicted octanol–water partition coefficient (Wildman–Crippen LogP) is 0.848. The van der Waals surface area contributed by atoms with Crippen molar-refractivity contribution in [1.29, 1.82) is 0 Å². The zero-order valence-electron chi connectivity index (χ0n) is 8.10. The van der Waals surface area contributed by atoms with Crippen LogP contribution in [0.5, 0.6) is 0 Å². The van der Waals surface area contributed by atoms with Crippen molar-refractivity contribution in [3.63, 3.8) is 0 Å². The third-order valence-corrected chi connectivity index (χ3v) is 1.91. The summed E-state index contributed by atoms with van der Waals surface area (Å²) in [5, 5.41) is 6.55. The Morgan fingerprint density at radius 2 is 2.33 bits per heavy atom. The first-order valence-corrected chi connectivity index (χ1v) is 4.31. The normalized spacial score (nSPS) is 10.2. The number of aryl methyl sites for hydroxylation is 1. The number of rotatable bonds is 2. The summed E-state index contributed by atoms with van der Waals surface area (Å²) in [6.45, 7) is 0. The Bertz CT molecular complexity index is 486. The van der Waals surface area contributed by atoms with E-state index in [9.17, 15) is 4.79 Å². The van der Waals surface area contributed by atoms with Gasteiger partial charge in [0.25, 0.3) is 5.91 Å². The summed E-state index contributed by atoms with van der Waals surface area (Å²) < 4.78 is 6.52. The molecule has 78 valence electrons. The number of nitrogens with one attached hydrogen (secondary N) is 1. The van der Waals surface area contributed by atoms with Gasteiger partial charge in [0.05, 0.1) is 6.20 Å². The highest BCUT2D eigenvalue weighted by molar-refractivity contribution is 6.01. The zero-order valence-corrected chi connectivity index (χ0v) is 8.10. The molecular weight excluding hydrogens is 196 g/mol. The number of furan rings is 1. The van der Waals surface area contributed by atoms with E-state index in [1.165, 1.54) is 12.1 Å². The second-order valence-corrected chi connectivity index (χ2v) is 3.00. The van der Waals surface area contributed by atoms with Crippen LogP contribution in [0.25, 0.3) is 0 Å². The molecule has 0 saturated carbocycles. The minimum absolute atomic E-state index is 0.175. The van der Waals surface area contributed by atoms with Gasteiger partial charge in [-0.15, -0.1) is 0 Å². The molecule has 0 aromatic carbocycles. The summed E-state index contributed by atoms with van der Waals surface area (Å²) in [6, 6.07) is 4.73. The zero-order chi connectivity index (χ0) is 10.8. The number of aromatic nitrogens is 2. The fourth-order valence-electron chi connectivity index (χ4n) is 1.15. The number of anilines is 2. The molecule has 0 unspecified atom stereocenters. The molecule has 0 aliphatic carbocycles. The Hall–Kier alpha value is -2.24. The first-order valence-electron chi connectivity index (χ1n) is 4.31. The summed E-state index contributed by atoms with van der Waals surface area (Å²) in [7, 11) is 1.73. The van der Waals surface area contributed by atoms with Crippen molar-refractivity contribution in [1.82, 2.24) is 9.78 Å². The van der Waals surface area contributed by atoms with Crippen molar-refractivity contribution in [3.8, 4) is 0 Å². The lowest BCUT2D eigenvalue weighted by molar-refractivity contribution is 0.0996. The summed E-state index contributed by atoms with van der Waals surface area (Å²) in [5.41, 5.74) is 5.36. The molecule has 6 heteroatoms. The summed E-state index contributed by atoms with van der Waals surface area (Å²) in [6.07, 6.45) is 1.59. The molecule has 0 atom stereocenters. The predicted molar refractivity (Wildman–Crippen MR) is 54.3 cm³/mol. The Kier molecular flexibility index (Phi) is 2.17. The van der Waals surface area contributed by atoms with Crippen molar-refractivity contribution in [2.75, 3.05) is 11.1 Å². The third kappa shape index (κ3) is 1.83. The highest BCUT2D eigenvalue weighted by atomic mass is 16.4. The van der Waals surface area contributed by atoms with Gasteiger partial charge in [0, 0.05) is 19.2 Å². The van der Waals surface area contributed by atoms with E-state index in [2.05, 4.69) is 10.4 Å². The van der Waals surface area contributed by atoms with E-state index in [1.807, 2.05) is 0 Å². The first-order chi connectivity index (χ1) is 7.16. The van der Waals surface area contributed by atoms with Gasteiger partial charge in [0.15, 0.2) is 11.6 Å². The van der Waals surface area contributed by atoms with Crippen LogP contribution in [0, 0.1) is 0 Å². The topological polar surface area (TPSA) is 86.1 Å². The summed E-state index contributed by atoms with van der Waals surface area (Å²) in [4.78, 5) is 11.6. The number of hydrogen-bond donors (Lipinski definition) is 2. The van der Waals surface area contributed by atoms with Crippen LogP contribution in [-0.4, -0.2) is 15.7 Å². The number of hydrogen-bond acceptors (Lipinski definition) is 4.